The van der Waals surface area contributed by atoms with Gasteiger partial charge in [-0.3, -0.25) is 19.3 Å². The van der Waals surface area contributed by atoms with Crippen LogP contribution in [-0.4, -0.2) is 58.0 Å². The summed E-state index contributed by atoms with van der Waals surface area (Å²) in [4.78, 5) is 43.2. The van der Waals surface area contributed by atoms with E-state index in [4.69, 9.17) is 4.52 Å². The molecular formula is C22H27N4O4P. The number of rotatable bonds is 6. The maximum Gasteiger partial charge on any atom is 0.275 e. The van der Waals surface area contributed by atoms with Crippen LogP contribution in [0.3, 0.4) is 0 Å². The number of hydrogen-bond donors (Lipinski definition) is 1. The van der Waals surface area contributed by atoms with E-state index < -0.39 is 11.3 Å². The van der Waals surface area contributed by atoms with Gasteiger partial charge in [0.15, 0.2) is 11.4 Å². The van der Waals surface area contributed by atoms with Gasteiger partial charge >= 0.3 is 0 Å². The first-order valence-corrected chi connectivity index (χ1v) is 10.9. The molecule has 4 heterocycles. The summed E-state index contributed by atoms with van der Waals surface area (Å²) in [5.41, 5.74) is 0.369. The number of allylic oxidation sites excluding steroid dienone is 3. The summed E-state index contributed by atoms with van der Waals surface area (Å²) in [6.45, 7) is 7.99. The standard InChI is InChI=1S/C22H27N4O4P/c1-3-5-7-14(4-2)10-23-21(28)16-12-24-13-17-25-9-6-8-15(25)11-26(17)22(29)18(24)20(30-31)19(16)27/h3-5,7,12,15,17H,2,6,8-11,13,31H2,1H3,(H,23,28)/b5-3-,14-7+/t15-,17+/m1/s1. The minimum atomic E-state index is -0.595. The van der Waals surface area contributed by atoms with E-state index in [1.54, 1.807) is 10.6 Å². The van der Waals surface area contributed by atoms with Gasteiger partial charge in [0.1, 0.15) is 11.7 Å². The fourth-order valence-electron chi connectivity index (χ4n) is 4.68. The van der Waals surface area contributed by atoms with Crippen LogP contribution in [0.2, 0.25) is 0 Å². The highest BCUT2D eigenvalue weighted by atomic mass is 31.0. The van der Waals surface area contributed by atoms with Gasteiger partial charge in [-0.15, -0.1) is 0 Å². The Morgan fingerprint density at radius 3 is 2.90 bits per heavy atom. The Morgan fingerprint density at radius 1 is 1.39 bits per heavy atom. The van der Waals surface area contributed by atoms with Crippen LogP contribution in [0.4, 0.5) is 0 Å². The molecular weight excluding hydrogens is 415 g/mol. The summed E-state index contributed by atoms with van der Waals surface area (Å²) >= 11 is 0. The van der Waals surface area contributed by atoms with E-state index in [9.17, 15) is 14.4 Å². The lowest BCUT2D eigenvalue weighted by atomic mass is 10.1. The molecule has 0 bridgehead atoms. The van der Waals surface area contributed by atoms with Gasteiger partial charge in [0.05, 0.1) is 16.0 Å². The zero-order valence-corrected chi connectivity index (χ0v) is 18.7. The molecule has 0 radical (unpaired) electrons. The molecule has 3 aliphatic rings. The lowest BCUT2D eigenvalue weighted by molar-refractivity contribution is 0.0516. The lowest BCUT2D eigenvalue weighted by Crippen LogP contribution is -2.50. The molecule has 0 aliphatic carbocycles. The van der Waals surface area contributed by atoms with E-state index >= 15 is 0 Å². The molecule has 9 heteroatoms. The summed E-state index contributed by atoms with van der Waals surface area (Å²) in [7, 11) is 2.03. The number of aromatic nitrogens is 1. The Hall–Kier alpha value is -2.70. The molecule has 0 aromatic carbocycles. The predicted octanol–water partition coefficient (Wildman–Crippen LogP) is 1.70. The minimum Gasteiger partial charge on any atom is -0.474 e. The molecule has 4 rings (SSSR count). The van der Waals surface area contributed by atoms with Crippen molar-refractivity contribution in [1.82, 2.24) is 19.7 Å². The first-order valence-electron chi connectivity index (χ1n) is 10.4. The number of fused-ring (bicyclic) bond motifs is 4. The van der Waals surface area contributed by atoms with Crippen molar-refractivity contribution >= 4 is 21.3 Å². The van der Waals surface area contributed by atoms with Crippen molar-refractivity contribution in [1.29, 1.82) is 0 Å². The lowest BCUT2D eigenvalue weighted by Gasteiger charge is -2.36. The SMILES string of the molecule is C=C/C(=C\C=C/C)CNC(=O)c1cn2c(c(OP)c1=O)C(=O)N1C[C@H]3CCCN3[C@@H]1C2. The molecule has 2 fully saturated rings. The van der Waals surface area contributed by atoms with Crippen LogP contribution in [0.5, 0.6) is 5.75 Å². The Morgan fingerprint density at radius 2 is 2.19 bits per heavy atom. The normalized spacial score (nSPS) is 23.0. The van der Waals surface area contributed by atoms with Crippen molar-refractivity contribution in [3.8, 4) is 5.75 Å². The molecule has 1 aromatic rings. The third-order valence-electron chi connectivity index (χ3n) is 6.21. The second-order valence-electron chi connectivity index (χ2n) is 7.95. The van der Waals surface area contributed by atoms with Gasteiger partial charge < -0.3 is 19.3 Å². The summed E-state index contributed by atoms with van der Waals surface area (Å²) in [6.07, 6.45) is 10.8. The van der Waals surface area contributed by atoms with E-state index in [0.717, 1.165) is 25.0 Å². The Labute approximate surface area is 183 Å². The molecule has 3 atom stereocenters. The third kappa shape index (κ3) is 3.75. The number of amides is 2. The van der Waals surface area contributed by atoms with E-state index in [1.807, 2.05) is 39.5 Å². The topological polar surface area (TPSA) is 83.9 Å². The number of nitrogens with one attached hydrogen (secondary N) is 1. The van der Waals surface area contributed by atoms with E-state index in [0.29, 0.717) is 19.1 Å². The largest absolute Gasteiger partial charge is 0.474 e. The zero-order valence-electron chi connectivity index (χ0n) is 17.5. The Bertz CT molecular complexity index is 1040. The number of hydrogen-bond acceptors (Lipinski definition) is 5. The summed E-state index contributed by atoms with van der Waals surface area (Å²) < 4.78 is 6.95. The molecule has 0 spiro atoms. The fourth-order valence-corrected chi connectivity index (χ4v) is 4.90. The molecule has 3 aliphatic heterocycles. The van der Waals surface area contributed by atoms with Crippen LogP contribution < -0.4 is 15.3 Å². The molecule has 2 saturated heterocycles. The van der Waals surface area contributed by atoms with Crippen molar-refractivity contribution in [3.05, 3.63) is 64.1 Å². The first-order chi connectivity index (χ1) is 15.0. The quantitative estimate of drug-likeness (QED) is 0.536. The van der Waals surface area contributed by atoms with Crippen LogP contribution in [0.1, 0.15) is 40.6 Å². The second kappa shape index (κ2) is 8.81. The average molecular weight is 442 g/mol. The Balaban J connectivity index is 1.65. The fraction of sp³-hybridized carbons (Fsp3) is 0.409. The van der Waals surface area contributed by atoms with E-state index in [-0.39, 0.29) is 35.6 Å². The van der Waals surface area contributed by atoms with Crippen molar-refractivity contribution in [2.75, 3.05) is 19.6 Å². The van der Waals surface area contributed by atoms with Gasteiger partial charge in [-0.25, -0.2) is 0 Å². The van der Waals surface area contributed by atoms with Gasteiger partial charge in [-0.1, -0.05) is 30.9 Å². The van der Waals surface area contributed by atoms with Gasteiger partial charge in [0.2, 0.25) is 5.43 Å². The zero-order chi connectivity index (χ0) is 22.1. The molecule has 1 N–H and O–H groups in total. The second-order valence-corrected chi connectivity index (χ2v) is 8.18. The van der Waals surface area contributed by atoms with Crippen molar-refractivity contribution in [2.24, 2.45) is 0 Å². The maximum atomic E-state index is 13.2. The average Bonchev–Trinajstić information content (AvgIpc) is 3.36. The highest BCUT2D eigenvalue weighted by Crippen LogP contribution is 2.35. The number of pyridine rings is 1. The molecule has 8 nitrogen and oxygen atoms in total. The summed E-state index contributed by atoms with van der Waals surface area (Å²) in [5, 5.41) is 2.76. The van der Waals surface area contributed by atoms with Crippen LogP contribution in [0.15, 0.2) is 47.4 Å². The Kier molecular flexibility index (Phi) is 6.12. The van der Waals surface area contributed by atoms with Gasteiger partial charge in [0, 0.05) is 31.9 Å². The van der Waals surface area contributed by atoms with Crippen LogP contribution >= 0.6 is 9.47 Å². The van der Waals surface area contributed by atoms with Crippen LogP contribution in [-0.2, 0) is 6.54 Å². The predicted molar refractivity (Wildman–Crippen MR) is 121 cm³/mol. The van der Waals surface area contributed by atoms with Crippen molar-refractivity contribution in [3.63, 3.8) is 0 Å². The van der Waals surface area contributed by atoms with Crippen molar-refractivity contribution < 1.29 is 14.1 Å². The first kappa shape index (κ1) is 21.5. The van der Waals surface area contributed by atoms with Crippen LogP contribution in [0, 0.1) is 0 Å². The molecule has 1 unspecified atom stereocenters. The van der Waals surface area contributed by atoms with Gasteiger partial charge in [-0.05, 0) is 25.3 Å². The van der Waals surface area contributed by atoms with Gasteiger partial charge in [-0.2, -0.15) is 0 Å². The third-order valence-corrected chi connectivity index (χ3v) is 6.45. The number of carbonyl (C=O) groups is 2. The van der Waals surface area contributed by atoms with Crippen LogP contribution in [0.25, 0.3) is 0 Å². The van der Waals surface area contributed by atoms with Crippen molar-refractivity contribution in [2.45, 2.75) is 38.5 Å². The minimum absolute atomic E-state index is 0.0483. The van der Waals surface area contributed by atoms with Gasteiger partial charge in [0.25, 0.3) is 11.8 Å². The molecule has 164 valence electrons. The van der Waals surface area contributed by atoms with E-state index in [2.05, 4.69) is 16.8 Å². The monoisotopic (exact) mass is 442 g/mol. The summed E-state index contributed by atoms with van der Waals surface area (Å²) in [5.74, 6) is -0.853. The molecule has 1 aromatic heterocycles. The highest BCUT2D eigenvalue weighted by molar-refractivity contribution is 7.10. The molecule has 0 saturated carbocycles. The summed E-state index contributed by atoms with van der Waals surface area (Å²) in [6, 6.07) is 0.361. The highest BCUT2D eigenvalue weighted by Gasteiger charge is 2.48. The maximum absolute atomic E-state index is 13.2. The number of carbonyl (C=O) groups excluding carboxylic acids is 2. The molecule has 31 heavy (non-hydrogen) atoms. The molecule has 2 amide bonds. The van der Waals surface area contributed by atoms with E-state index in [1.165, 1.54) is 6.20 Å². The number of nitrogens with zero attached hydrogens (tertiary/aromatic N) is 3. The smallest absolute Gasteiger partial charge is 0.275 e.